The number of hydrogen-bond donors (Lipinski definition) is 0. The quantitative estimate of drug-likeness (QED) is 0.870. The molecule has 1 aliphatic carbocycles. The second-order valence-corrected chi connectivity index (χ2v) is 7.02. The maximum Gasteiger partial charge on any atom is 0.183 e. The van der Waals surface area contributed by atoms with Crippen molar-refractivity contribution in [2.75, 3.05) is 0 Å². The number of rotatable bonds is 3. The molecule has 0 spiro atoms. The standard InChI is InChI=1S/C16H13NO2S/c17-11-14-15(12-7-3-1-4-8-12)16(14)20(18,19)13-9-5-2-6-10-13/h1-10,14-16H/t14-,15+,16+/m1/s1. The van der Waals surface area contributed by atoms with Crippen molar-refractivity contribution in [1.82, 2.24) is 0 Å². The molecule has 20 heavy (non-hydrogen) atoms. The van der Waals surface area contributed by atoms with E-state index in [1.165, 1.54) is 0 Å². The molecule has 0 bridgehead atoms. The van der Waals surface area contributed by atoms with Crippen molar-refractivity contribution in [3.63, 3.8) is 0 Å². The smallest absolute Gasteiger partial charge is 0.183 e. The van der Waals surface area contributed by atoms with E-state index in [1.54, 1.807) is 30.3 Å². The van der Waals surface area contributed by atoms with Gasteiger partial charge in [0.1, 0.15) is 0 Å². The molecule has 3 nitrogen and oxygen atoms in total. The van der Waals surface area contributed by atoms with Crippen LogP contribution in [0.1, 0.15) is 11.5 Å². The second kappa shape index (κ2) is 4.77. The summed E-state index contributed by atoms with van der Waals surface area (Å²) in [5.41, 5.74) is 0.920. The highest BCUT2D eigenvalue weighted by atomic mass is 32.2. The molecule has 0 radical (unpaired) electrons. The summed E-state index contributed by atoms with van der Waals surface area (Å²) in [7, 11) is -3.45. The highest BCUT2D eigenvalue weighted by Gasteiger charge is 2.59. The lowest BCUT2D eigenvalue weighted by Gasteiger charge is -2.03. The number of benzene rings is 2. The van der Waals surface area contributed by atoms with Crippen LogP contribution in [0.2, 0.25) is 0 Å². The maximum absolute atomic E-state index is 12.6. The fourth-order valence-electron chi connectivity index (χ4n) is 2.66. The molecule has 2 aromatic rings. The zero-order valence-corrected chi connectivity index (χ0v) is 11.5. The molecule has 0 heterocycles. The van der Waals surface area contributed by atoms with Crippen LogP contribution in [0.3, 0.4) is 0 Å². The predicted octanol–water partition coefficient (Wildman–Crippen LogP) is 2.77. The van der Waals surface area contributed by atoms with Gasteiger partial charge in [0.15, 0.2) is 9.84 Å². The second-order valence-electron chi connectivity index (χ2n) is 4.91. The van der Waals surface area contributed by atoms with Gasteiger partial charge in [-0.15, -0.1) is 0 Å². The SMILES string of the molecule is N#C[C@@H]1[C@H](c2ccccc2)[C@H]1S(=O)(=O)c1ccccc1. The average Bonchev–Trinajstić information content (AvgIpc) is 3.24. The van der Waals surface area contributed by atoms with Crippen LogP contribution in [0.25, 0.3) is 0 Å². The molecule has 100 valence electrons. The van der Waals surface area contributed by atoms with E-state index in [2.05, 4.69) is 6.07 Å². The Morgan fingerprint density at radius 2 is 1.45 bits per heavy atom. The van der Waals surface area contributed by atoms with Crippen molar-refractivity contribution in [3.8, 4) is 6.07 Å². The normalized spacial score (nSPS) is 24.9. The van der Waals surface area contributed by atoms with Crippen LogP contribution in [0.5, 0.6) is 0 Å². The van der Waals surface area contributed by atoms with Crippen molar-refractivity contribution in [1.29, 1.82) is 5.26 Å². The van der Waals surface area contributed by atoms with Gasteiger partial charge in [-0.05, 0) is 17.7 Å². The summed E-state index contributed by atoms with van der Waals surface area (Å²) in [4.78, 5) is 0.295. The fourth-order valence-corrected chi connectivity index (χ4v) is 4.75. The van der Waals surface area contributed by atoms with Gasteiger partial charge in [-0.25, -0.2) is 8.42 Å². The van der Waals surface area contributed by atoms with E-state index in [-0.39, 0.29) is 5.92 Å². The number of nitrogens with zero attached hydrogens (tertiary/aromatic N) is 1. The van der Waals surface area contributed by atoms with E-state index in [4.69, 9.17) is 0 Å². The molecule has 0 aliphatic heterocycles. The molecule has 0 saturated heterocycles. The Balaban J connectivity index is 1.98. The molecule has 1 saturated carbocycles. The third-order valence-corrected chi connectivity index (χ3v) is 5.95. The monoisotopic (exact) mass is 283 g/mol. The van der Waals surface area contributed by atoms with Crippen molar-refractivity contribution in [2.45, 2.75) is 16.1 Å². The molecular formula is C16H13NO2S. The van der Waals surface area contributed by atoms with Crippen molar-refractivity contribution < 1.29 is 8.42 Å². The van der Waals surface area contributed by atoms with Crippen LogP contribution in [0, 0.1) is 17.2 Å². The van der Waals surface area contributed by atoms with E-state index < -0.39 is 21.0 Å². The van der Waals surface area contributed by atoms with Gasteiger partial charge in [0.05, 0.1) is 22.1 Å². The molecule has 0 aromatic heterocycles. The van der Waals surface area contributed by atoms with Crippen LogP contribution >= 0.6 is 0 Å². The van der Waals surface area contributed by atoms with Crippen LogP contribution in [0.15, 0.2) is 65.6 Å². The minimum atomic E-state index is -3.45. The Morgan fingerprint density at radius 3 is 2.00 bits per heavy atom. The van der Waals surface area contributed by atoms with Crippen molar-refractivity contribution in [2.24, 2.45) is 5.92 Å². The summed E-state index contributed by atoms with van der Waals surface area (Å²) in [5.74, 6) is -0.672. The molecule has 0 unspecified atom stereocenters. The summed E-state index contributed by atoms with van der Waals surface area (Å²) >= 11 is 0. The van der Waals surface area contributed by atoms with Crippen LogP contribution in [0.4, 0.5) is 0 Å². The first-order valence-corrected chi connectivity index (χ1v) is 7.94. The van der Waals surface area contributed by atoms with Gasteiger partial charge in [-0.2, -0.15) is 5.26 Å². The van der Waals surface area contributed by atoms with Crippen LogP contribution < -0.4 is 0 Å². The third kappa shape index (κ3) is 2.00. The molecular weight excluding hydrogens is 270 g/mol. The predicted molar refractivity (Wildman–Crippen MR) is 75.7 cm³/mol. The lowest BCUT2D eigenvalue weighted by Crippen LogP contribution is -2.10. The first-order valence-electron chi connectivity index (χ1n) is 6.40. The Bertz CT molecular complexity index is 748. The van der Waals surface area contributed by atoms with Crippen molar-refractivity contribution in [3.05, 3.63) is 66.2 Å². The first kappa shape index (κ1) is 12.9. The summed E-state index contributed by atoms with van der Waals surface area (Å²) in [6.45, 7) is 0. The summed E-state index contributed by atoms with van der Waals surface area (Å²) < 4.78 is 25.2. The van der Waals surface area contributed by atoms with E-state index in [9.17, 15) is 13.7 Å². The summed E-state index contributed by atoms with van der Waals surface area (Å²) in [6, 6.07) is 19.9. The Kier molecular flexibility index (Phi) is 3.07. The molecule has 0 amide bonds. The van der Waals surface area contributed by atoms with E-state index in [0.717, 1.165) is 5.56 Å². The Morgan fingerprint density at radius 1 is 0.900 bits per heavy atom. The van der Waals surface area contributed by atoms with Gasteiger partial charge in [-0.1, -0.05) is 48.5 Å². The highest BCUT2D eigenvalue weighted by Crippen LogP contribution is 2.53. The van der Waals surface area contributed by atoms with Gasteiger partial charge >= 0.3 is 0 Å². The molecule has 0 N–H and O–H groups in total. The molecule has 3 atom stereocenters. The van der Waals surface area contributed by atoms with Gasteiger partial charge < -0.3 is 0 Å². The topological polar surface area (TPSA) is 57.9 Å². The molecule has 1 fully saturated rings. The van der Waals surface area contributed by atoms with Crippen LogP contribution in [-0.2, 0) is 9.84 Å². The minimum Gasteiger partial charge on any atom is -0.223 e. The Labute approximate surface area is 118 Å². The highest BCUT2D eigenvalue weighted by molar-refractivity contribution is 7.92. The zero-order valence-electron chi connectivity index (χ0n) is 10.7. The fraction of sp³-hybridized carbons (Fsp3) is 0.188. The number of hydrogen-bond acceptors (Lipinski definition) is 3. The summed E-state index contributed by atoms with van der Waals surface area (Å²) in [5, 5.41) is 8.58. The maximum atomic E-state index is 12.6. The van der Waals surface area contributed by atoms with Gasteiger partial charge in [0.2, 0.25) is 0 Å². The molecule has 4 heteroatoms. The molecule has 1 aliphatic rings. The Hall–Kier alpha value is -2.12. The van der Waals surface area contributed by atoms with Gasteiger partial charge in [0, 0.05) is 5.92 Å². The van der Waals surface area contributed by atoms with Gasteiger partial charge in [-0.3, -0.25) is 0 Å². The van der Waals surface area contributed by atoms with Crippen LogP contribution in [-0.4, -0.2) is 13.7 Å². The summed E-state index contributed by atoms with van der Waals surface area (Å²) in [6.07, 6.45) is 0. The van der Waals surface area contributed by atoms with E-state index in [0.29, 0.717) is 4.90 Å². The number of sulfone groups is 1. The largest absolute Gasteiger partial charge is 0.223 e. The molecule has 2 aromatic carbocycles. The zero-order chi connectivity index (χ0) is 14.2. The van der Waals surface area contributed by atoms with E-state index >= 15 is 0 Å². The third-order valence-electron chi connectivity index (χ3n) is 3.72. The lowest BCUT2D eigenvalue weighted by molar-refractivity contribution is 0.593. The van der Waals surface area contributed by atoms with Crippen molar-refractivity contribution >= 4 is 9.84 Å². The minimum absolute atomic E-state index is 0.216. The number of nitriles is 1. The lowest BCUT2D eigenvalue weighted by atomic mass is 10.1. The van der Waals surface area contributed by atoms with Gasteiger partial charge in [0.25, 0.3) is 0 Å². The first-order chi connectivity index (χ1) is 9.66. The molecule has 3 rings (SSSR count). The van der Waals surface area contributed by atoms with E-state index in [1.807, 2.05) is 30.3 Å². The average molecular weight is 283 g/mol.